The summed E-state index contributed by atoms with van der Waals surface area (Å²) in [6, 6.07) is 8.74. The van der Waals surface area contributed by atoms with E-state index < -0.39 is 23.3 Å². The average molecular weight is 459 g/mol. The third kappa shape index (κ3) is 3.86. The first-order valence-electron chi connectivity index (χ1n) is 9.36. The Bertz CT molecular complexity index is 1430. The molecule has 2 aromatic carbocycles. The summed E-state index contributed by atoms with van der Waals surface area (Å²) in [6.45, 7) is 0. The Hall–Kier alpha value is -4.35. The lowest BCUT2D eigenvalue weighted by molar-refractivity contribution is -0.137. The Morgan fingerprint density at radius 1 is 1.03 bits per heavy atom. The smallest absolute Gasteiger partial charge is 0.416 e. The van der Waals surface area contributed by atoms with Crippen LogP contribution in [0.5, 0.6) is 11.5 Å². The van der Waals surface area contributed by atoms with Gasteiger partial charge in [0.15, 0.2) is 28.7 Å². The van der Waals surface area contributed by atoms with Crippen LogP contribution in [0.15, 0.2) is 47.3 Å². The molecule has 12 heteroatoms. The van der Waals surface area contributed by atoms with Crippen molar-refractivity contribution >= 4 is 17.1 Å². The van der Waals surface area contributed by atoms with Crippen molar-refractivity contribution in [2.75, 3.05) is 14.2 Å². The van der Waals surface area contributed by atoms with Gasteiger partial charge in [-0.15, -0.1) is 0 Å². The second-order valence-corrected chi connectivity index (χ2v) is 6.84. The first kappa shape index (κ1) is 21.9. The first-order chi connectivity index (χ1) is 15.6. The molecule has 170 valence electrons. The van der Waals surface area contributed by atoms with Gasteiger partial charge in [0.05, 0.1) is 25.5 Å². The van der Waals surface area contributed by atoms with Gasteiger partial charge in [-0.3, -0.25) is 4.79 Å². The maximum atomic E-state index is 12.9. The van der Waals surface area contributed by atoms with Crippen LogP contribution in [-0.2, 0) is 6.18 Å². The van der Waals surface area contributed by atoms with Crippen molar-refractivity contribution in [1.82, 2.24) is 19.5 Å². The molecule has 4 rings (SSSR count). The molecular weight excluding hydrogens is 443 g/mol. The van der Waals surface area contributed by atoms with E-state index in [1.54, 1.807) is 12.1 Å². The van der Waals surface area contributed by atoms with Crippen molar-refractivity contribution in [2.45, 2.75) is 6.18 Å². The number of carbonyl (C=O) groups is 1. The number of alkyl halides is 3. The van der Waals surface area contributed by atoms with E-state index >= 15 is 0 Å². The molecule has 0 aliphatic heterocycles. The number of benzene rings is 2. The number of imidazole rings is 1. The van der Waals surface area contributed by atoms with E-state index in [0.717, 1.165) is 12.1 Å². The average Bonchev–Trinajstić information content (AvgIpc) is 3.12. The van der Waals surface area contributed by atoms with Gasteiger partial charge in [0.25, 0.3) is 5.91 Å². The fourth-order valence-electron chi connectivity index (χ4n) is 3.30. The molecule has 0 fully saturated rings. The Morgan fingerprint density at radius 3 is 2.27 bits per heavy atom. The van der Waals surface area contributed by atoms with Gasteiger partial charge in [-0.2, -0.15) is 13.2 Å². The highest BCUT2D eigenvalue weighted by Crippen LogP contribution is 2.32. The number of aromatic nitrogens is 4. The standard InChI is InChI=1S/C21H16F3N5O4/c1-32-13-8-7-12(9-14(13)33-2)29-19-16(27-20(29)31)15(17(25)30)26-18(28-19)10-3-5-11(6-4-10)21(22,23)24/h3-9H,1-2H3,(H2,25,30)(H,27,31). The minimum absolute atomic E-state index is 0.00548. The fraction of sp³-hybridized carbons (Fsp3) is 0.143. The number of ether oxygens (including phenoxy) is 2. The number of hydrogen-bond donors (Lipinski definition) is 2. The summed E-state index contributed by atoms with van der Waals surface area (Å²) in [6.07, 6.45) is -4.52. The molecule has 4 aromatic rings. The second kappa shape index (κ2) is 7.97. The van der Waals surface area contributed by atoms with Crippen molar-refractivity contribution in [2.24, 2.45) is 5.73 Å². The number of hydrogen-bond acceptors (Lipinski definition) is 6. The first-order valence-corrected chi connectivity index (χ1v) is 9.36. The number of halogens is 3. The molecule has 0 aliphatic carbocycles. The topological polar surface area (TPSA) is 125 Å². The number of nitrogens with zero attached hydrogens (tertiary/aromatic N) is 3. The minimum atomic E-state index is -4.52. The van der Waals surface area contributed by atoms with Crippen LogP contribution in [0.1, 0.15) is 16.1 Å². The third-order valence-electron chi connectivity index (χ3n) is 4.87. The van der Waals surface area contributed by atoms with Crippen LogP contribution in [-0.4, -0.2) is 39.6 Å². The predicted octanol–water partition coefficient (Wildman–Crippen LogP) is 2.91. The quantitative estimate of drug-likeness (QED) is 0.473. The molecule has 0 saturated carbocycles. The lowest BCUT2D eigenvalue weighted by Gasteiger charge is -2.11. The van der Waals surface area contributed by atoms with Crippen molar-refractivity contribution in [3.05, 3.63) is 64.2 Å². The second-order valence-electron chi connectivity index (χ2n) is 6.84. The van der Waals surface area contributed by atoms with E-state index in [1.165, 1.54) is 37.0 Å². The van der Waals surface area contributed by atoms with E-state index in [9.17, 15) is 22.8 Å². The van der Waals surface area contributed by atoms with Crippen LogP contribution in [0.2, 0.25) is 0 Å². The molecule has 0 aliphatic rings. The van der Waals surface area contributed by atoms with Gasteiger partial charge in [0, 0.05) is 11.6 Å². The minimum Gasteiger partial charge on any atom is -0.493 e. The van der Waals surface area contributed by atoms with Gasteiger partial charge < -0.3 is 20.2 Å². The van der Waals surface area contributed by atoms with E-state index in [1.807, 2.05) is 0 Å². The molecule has 3 N–H and O–H groups in total. The molecule has 2 aromatic heterocycles. The Labute approximate surface area is 183 Å². The number of primary amides is 1. The van der Waals surface area contributed by atoms with Crippen molar-refractivity contribution < 1.29 is 27.4 Å². The highest BCUT2D eigenvalue weighted by Gasteiger charge is 2.30. The maximum absolute atomic E-state index is 12.9. The summed E-state index contributed by atoms with van der Waals surface area (Å²) in [5, 5.41) is 0. The van der Waals surface area contributed by atoms with Gasteiger partial charge in [0.2, 0.25) is 0 Å². The Kier molecular flexibility index (Phi) is 5.28. The largest absolute Gasteiger partial charge is 0.493 e. The molecule has 2 heterocycles. The number of nitrogens with two attached hydrogens (primary N) is 1. The van der Waals surface area contributed by atoms with E-state index in [-0.39, 0.29) is 28.2 Å². The summed E-state index contributed by atoms with van der Waals surface area (Å²) in [4.78, 5) is 35.7. The molecular formula is C21H16F3N5O4. The Morgan fingerprint density at radius 2 is 1.70 bits per heavy atom. The Balaban J connectivity index is 1.96. The number of rotatable bonds is 5. The summed E-state index contributed by atoms with van der Waals surface area (Å²) in [5.74, 6) is -0.273. The van der Waals surface area contributed by atoms with Gasteiger partial charge in [-0.1, -0.05) is 12.1 Å². The van der Waals surface area contributed by atoms with Gasteiger partial charge in [-0.05, 0) is 24.3 Å². The number of H-pyrrole nitrogens is 1. The lowest BCUT2D eigenvalue weighted by Crippen LogP contribution is -2.15. The summed E-state index contributed by atoms with van der Waals surface area (Å²) >= 11 is 0. The number of amides is 1. The van der Waals surface area contributed by atoms with Crippen LogP contribution in [0.3, 0.4) is 0 Å². The molecule has 33 heavy (non-hydrogen) atoms. The van der Waals surface area contributed by atoms with Gasteiger partial charge in [-0.25, -0.2) is 19.3 Å². The highest BCUT2D eigenvalue weighted by molar-refractivity contribution is 6.02. The van der Waals surface area contributed by atoms with Crippen LogP contribution >= 0.6 is 0 Å². The molecule has 1 amide bonds. The zero-order chi connectivity index (χ0) is 23.9. The summed E-state index contributed by atoms with van der Waals surface area (Å²) < 4.78 is 50.4. The zero-order valence-electron chi connectivity index (χ0n) is 17.2. The van der Waals surface area contributed by atoms with Crippen LogP contribution in [0.4, 0.5) is 13.2 Å². The number of aromatic amines is 1. The van der Waals surface area contributed by atoms with E-state index in [2.05, 4.69) is 15.0 Å². The van der Waals surface area contributed by atoms with Crippen LogP contribution in [0, 0.1) is 0 Å². The fourth-order valence-corrected chi connectivity index (χ4v) is 3.30. The van der Waals surface area contributed by atoms with Crippen LogP contribution < -0.4 is 20.9 Å². The van der Waals surface area contributed by atoms with Crippen molar-refractivity contribution in [3.63, 3.8) is 0 Å². The van der Waals surface area contributed by atoms with E-state index in [4.69, 9.17) is 15.2 Å². The number of methoxy groups -OCH3 is 2. The monoisotopic (exact) mass is 459 g/mol. The SMILES string of the molecule is COc1ccc(-n2c(=O)[nH]c3c(C(N)=O)nc(-c4ccc(C(F)(F)F)cc4)nc32)cc1OC. The lowest BCUT2D eigenvalue weighted by atomic mass is 10.1. The maximum Gasteiger partial charge on any atom is 0.416 e. The molecule has 0 bridgehead atoms. The van der Waals surface area contributed by atoms with Gasteiger partial charge in [0.1, 0.15) is 5.52 Å². The van der Waals surface area contributed by atoms with Gasteiger partial charge >= 0.3 is 11.9 Å². The molecule has 0 saturated heterocycles. The van der Waals surface area contributed by atoms with Crippen molar-refractivity contribution in [3.8, 4) is 28.6 Å². The van der Waals surface area contributed by atoms with Crippen molar-refractivity contribution in [1.29, 1.82) is 0 Å². The normalized spacial score (nSPS) is 11.5. The molecule has 0 spiro atoms. The molecule has 9 nitrogen and oxygen atoms in total. The number of fused-ring (bicyclic) bond motifs is 1. The molecule has 0 atom stereocenters. The van der Waals surface area contributed by atoms with E-state index in [0.29, 0.717) is 17.2 Å². The summed E-state index contributed by atoms with van der Waals surface area (Å²) in [7, 11) is 2.88. The van der Waals surface area contributed by atoms with Crippen LogP contribution in [0.25, 0.3) is 28.2 Å². The predicted molar refractivity (Wildman–Crippen MR) is 112 cm³/mol. The number of carbonyl (C=O) groups excluding carboxylic acids is 1. The zero-order valence-corrected chi connectivity index (χ0v) is 17.2. The molecule has 0 radical (unpaired) electrons. The molecule has 0 unspecified atom stereocenters. The highest BCUT2D eigenvalue weighted by atomic mass is 19.4. The summed E-state index contributed by atoms with van der Waals surface area (Å²) in [5.41, 5.74) is 4.18. The number of nitrogens with one attached hydrogen (secondary N) is 1. The third-order valence-corrected chi connectivity index (χ3v) is 4.87.